The van der Waals surface area contributed by atoms with E-state index >= 15 is 0 Å². The number of urea groups is 1. The second-order valence-corrected chi connectivity index (χ2v) is 8.50. The molecule has 1 aliphatic heterocycles. The molecule has 180 valence electrons. The van der Waals surface area contributed by atoms with E-state index in [-0.39, 0.29) is 11.1 Å². The Balaban J connectivity index is 1.40. The molecule has 3 aromatic carbocycles. The van der Waals surface area contributed by atoms with Gasteiger partial charge in [-0.1, -0.05) is 49.4 Å². The zero-order valence-corrected chi connectivity index (χ0v) is 19.7. The molecular weight excluding hydrogens is 458 g/mol. The lowest BCUT2D eigenvalue weighted by Crippen LogP contribution is -2.48. The topological polar surface area (TPSA) is 113 Å². The zero-order valence-electron chi connectivity index (χ0n) is 19.7. The van der Waals surface area contributed by atoms with Crippen molar-refractivity contribution in [1.29, 1.82) is 0 Å². The summed E-state index contributed by atoms with van der Waals surface area (Å²) in [5.74, 6) is -0.687. The summed E-state index contributed by atoms with van der Waals surface area (Å²) in [6.07, 6.45) is 0.316. The van der Waals surface area contributed by atoms with Crippen molar-refractivity contribution in [2.24, 2.45) is 0 Å². The highest BCUT2D eigenvalue weighted by Crippen LogP contribution is 2.31. The number of aryl methyl sites for hydroxylation is 1. The van der Waals surface area contributed by atoms with Crippen molar-refractivity contribution in [3.63, 3.8) is 0 Å². The molecule has 2 N–H and O–H groups in total. The Kier molecular flexibility index (Phi) is 5.60. The summed E-state index contributed by atoms with van der Waals surface area (Å²) in [6.45, 7) is 3.53. The minimum absolute atomic E-state index is 0.215. The van der Waals surface area contributed by atoms with Gasteiger partial charge in [-0.2, -0.15) is 5.01 Å². The minimum Gasteiger partial charge on any atom is -0.318 e. The van der Waals surface area contributed by atoms with Crippen molar-refractivity contribution in [1.82, 2.24) is 25.3 Å². The highest BCUT2D eigenvalue weighted by Gasteiger charge is 2.52. The molecule has 5 rings (SSSR count). The fourth-order valence-electron chi connectivity index (χ4n) is 4.51. The van der Waals surface area contributed by atoms with E-state index in [9.17, 15) is 19.2 Å². The van der Waals surface area contributed by atoms with Crippen LogP contribution in [0.15, 0.2) is 83.7 Å². The average molecular weight is 482 g/mol. The van der Waals surface area contributed by atoms with Crippen LogP contribution in [0.3, 0.4) is 0 Å². The molecule has 0 aliphatic carbocycles. The zero-order chi connectivity index (χ0) is 25.4. The maximum absolute atomic E-state index is 13.2. The molecule has 0 bridgehead atoms. The molecule has 9 heteroatoms. The Morgan fingerprint density at radius 2 is 1.61 bits per heavy atom. The van der Waals surface area contributed by atoms with Crippen molar-refractivity contribution >= 4 is 28.7 Å². The Hall–Kier alpha value is -4.79. The summed E-state index contributed by atoms with van der Waals surface area (Å²) in [5, 5.41) is 3.93. The first-order valence-corrected chi connectivity index (χ1v) is 11.5. The second-order valence-electron chi connectivity index (χ2n) is 8.50. The number of nitrogens with zero attached hydrogens (tertiary/aromatic N) is 3. The van der Waals surface area contributed by atoms with Crippen LogP contribution in [0, 0.1) is 6.92 Å². The molecule has 1 aromatic heterocycles. The summed E-state index contributed by atoms with van der Waals surface area (Å²) < 4.78 is 1.47. The molecule has 0 spiro atoms. The van der Waals surface area contributed by atoms with Crippen LogP contribution in [0.4, 0.5) is 4.79 Å². The molecule has 2 heterocycles. The van der Waals surface area contributed by atoms with Gasteiger partial charge >= 0.3 is 6.03 Å². The lowest BCUT2D eigenvalue weighted by atomic mass is 9.87. The number of amides is 4. The number of hydrogen-bond donors (Lipinski definition) is 2. The summed E-state index contributed by atoms with van der Waals surface area (Å²) in [5.41, 5.74) is 2.94. The van der Waals surface area contributed by atoms with Crippen molar-refractivity contribution in [2.75, 3.05) is 0 Å². The lowest BCUT2D eigenvalue weighted by Gasteiger charge is -2.25. The molecule has 4 aromatic rings. The van der Waals surface area contributed by atoms with E-state index in [0.717, 1.165) is 0 Å². The standard InChI is InChI=1S/C27H23N5O4/c1-3-27(19-9-5-4-6-10-19)25(35)32(26(36)29-27)30-23(33)18-13-15-20(16-14-18)31-17(2)28-22-12-8-7-11-21(22)24(31)34/h4-16H,3H2,1-2H3,(H,29,36)(H,30,33)/t27-/m0/s1. The van der Waals surface area contributed by atoms with Gasteiger partial charge in [-0.05, 0) is 55.3 Å². The highest BCUT2D eigenvalue weighted by atomic mass is 16.2. The SMILES string of the molecule is CC[C@@]1(c2ccccc2)NC(=O)N(NC(=O)c2ccc(-n3c(C)nc4ccccc4c3=O)cc2)C1=O. The van der Waals surface area contributed by atoms with Crippen LogP contribution < -0.4 is 16.3 Å². The first kappa shape index (κ1) is 23.0. The monoisotopic (exact) mass is 481 g/mol. The van der Waals surface area contributed by atoms with Gasteiger partial charge in [0.05, 0.1) is 16.6 Å². The van der Waals surface area contributed by atoms with Crippen LogP contribution >= 0.6 is 0 Å². The molecule has 1 atom stereocenters. The number of nitrogens with one attached hydrogen (secondary N) is 2. The van der Waals surface area contributed by atoms with E-state index in [1.165, 1.54) is 16.7 Å². The molecule has 9 nitrogen and oxygen atoms in total. The van der Waals surface area contributed by atoms with Crippen LogP contribution in [0.1, 0.15) is 35.1 Å². The number of hydrazine groups is 1. The third kappa shape index (κ3) is 3.61. The Labute approximate surface area is 206 Å². The molecular formula is C27H23N5O4. The number of aromatic nitrogens is 2. The molecule has 1 fully saturated rings. The van der Waals surface area contributed by atoms with Crippen molar-refractivity contribution in [3.8, 4) is 5.69 Å². The second kappa shape index (κ2) is 8.77. The van der Waals surface area contributed by atoms with Gasteiger partial charge in [0.25, 0.3) is 17.4 Å². The van der Waals surface area contributed by atoms with Crippen molar-refractivity contribution in [2.45, 2.75) is 25.8 Å². The summed E-state index contributed by atoms with van der Waals surface area (Å²) in [4.78, 5) is 56.3. The first-order chi connectivity index (χ1) is 17.4. The van der Waals surface area contributed by atoms with Crippen molar-refractivity contribution < 1.29 is 14.4 Å². The lowest BCUT2D eigenvalue weighted by molar-refractivity contribution is -0.133. The van der Waals surface area contributed by atoms with Gasteiger partial charge in [-0.25, -0.2) is 9.78 Å². The molecule has 1 aliphatic rings. The summed E-state index contributed by atoms with van der Waals surface area (Å²) in [7, 11) is 0. The fraction of sp³-hybridized carbons (Fsp3) is 0.148. The molecule has 0 saturated carbocycles. The number of hydrogen-bond acceptors (Lipinski definition) is 5. The van der Waals surface area contributed by atoms with Crippen LogP contribution in [0.5, 0.6) is 0 Å². The van der Waals surface area contributed by atoms with Crippen molar-refractivity contribution in [3.05, 3.63) is 106 Å². The molecule has 0 unspecified atom stereocenters. The van der Waals surface area contributed by atoms with E-state index in [4.69, 9.17) is 0 Å². The first-order valence-electron chi connectivity index (χ1n) is 11.5. The smallest absolute Gasteiger partial charge is 0.318 e. The Bertz CT molecular complexity index is 1560. The van der Waals surface area contributed by atoms with Gasteiger partial charge in [0.1, 0.15) is 11.4 Å². The van der Waals surface area contributed by atoms with Crippen LogP contribution in [0.25, 0.3) is 16.6 Å². The maximum atomic E-state index is 13.2. The number of imide groups is 1. The highest BCUT2D eigenvalue weighted by molar-refractivity contribution is 6.09. The number of carbonyl (C=O) groups excluding carboxylic acids is 3. The minimum atomic E-state index is -1.25. The normalized spacial score (nSPS) is 17.3. The molecule has 4 amide bonds. The van der Waals surface area contributed by atoms with Crippen LogP contribution in [0.2, 0.25) is 0 Å². The third-order valence-electron chi connectivity index (χ3n) is 6.43. The Morgan fingerprint density at radius 1 is 0.944 bits per heavy atom. The van der Waals surface area contributed by atoms with Gasteiger partial charge in [0, 0.05) is 5.56 Å². The van der Waals surface area contributed by atoms with Gasteiger partial charge in [-0.15, -0.1) is 0 Å². The van der Waals surface area contributed by atoms with Gasteiger partial charge in [0.2, 0.25) is 0 Å². The maximum Gasteiger partial charge on any atom is 0.344 e. The van der Waals surface area contributed by atoms with E-state index in [1.54, 1.807) is 68.4 Å². The number of carbonyl (C=O) groups is 3. The molecule has 1 saturated heterocycles. The van der Waals surface area contributed by atoms with Gasteiger partial charge in [0.15, 0.2) is 0 Å². The predicted molar refractivity (Wildman–Crippen MR) is 133 cm³/mol. The summed E-state index contributed by atoms with van der Waals surface area (Å²) in [6, 6.07) is 21.6. The van der Waals surface area contributed by atoms with E-state index in [2.05, 4.69) is 15.7 Å². The molecule has 0 radical (unpaired) electrons. The average Bonchev–Trinajstić information content (AvgIpc) is 3.14. The van der Waals surface area contributed by atoms with Gasteiger partial charge in [-0.3, -0.25) is 24.4 Å². The number of fused-ring (bicyclic) bond motifs is 1. The fourth-order valence-corrected chi connectivity index (χ4v) is 4.51. The van der Waals surface area contributed by atoms with E-state index in [1.807, 2.05) is 12.1 Å². The summed E-state index contributed by atoms with van der Waals surface area (Å²) >= 11 is 0. The van der Waals surface area contributed by atoms with E-state index < -0.39 is 23.4 Å². The Morgan fingerprint density at radius 3 is 2.31 bits per heavy atom. The van der Waals surface area contributed by atoms with Crippen LogP contribution in [-0.2, 0) is 10.3 Å². The number of rotatable bonds is 5. The predicted octanol–water partition coefficient (Wildman–Crippen LogP) is 3.20. The quantitative estimate of drug-likeness (QED) is 0.425. The third-order valence-corrected chi connectivity index (χ3v) is 6.43. The van der Waals surface area contributed by atoms with Gasteiger partial charge < -0.3 is 5.32 Å². The van der Waals surface area contributed by atoms with Crippen LogP contribution in [-0.4, -0.2) is 32.4 Å². The largest absolute Gasteiger partial charge is 0.344 e. The van der Waals surface area contributed by atoms with E-state index in [0.29, 0.717) is 39.4 Å². The molecule has 36 heavy (non-hydrogen) atoms. The number of benzene rings is 3. The number of para-hydroxylation sites is 1.